The first-order valence-corrected chi connectivity index (χ1v) is 6.63. The van der Waals surface area contributed by atoms with E-state index in [0.717, 1.165) is 16.5 Å². The van der Waals surface area contributed by atoms with Gasteiger partial charge in [-0.05, 0) is 29.8 Å². The summed E-state index contributed by atoms with van der Waals surface area (Å²) in [6, 6.07) is 16.2. The normalized spacial score (nSPS) is 10.5. The fraction of sp³-hybridized carbons (Fsp3) is 0.0588. The maximum atomic E-state index is 12.0. The zero-order valence-electron chi connectivity index (χ0n) is 11.3. The summed E-state index contributed by atoms with van der Waals surface area (Å²) in [6.07, 6.45) is 1.91. The van der Waals surface area contributed by atoms with E-state index >= 15 is 0 Å². The lowest BCUT2D eigenvalue weighted by Crippen LogP contribution is -2.14. The van der Waals surface area contributed by atoms with Gasteiger partial charge in [0.1, 0.15) is 5.75 Å². The fourth-order valence-corrected chi connectivity index (χ4v) is 2.14. The summed E-state index contributed by atoms with van der Waals surface area (Å²) in [7, 11) is 0. The molecule has 0 aliphatic carbocycles. The molecule has 0 saturated heterocycles. The molecule has 4 heteroatoms. The highest BCUT2D eigenvalue weighted by atomic mass is 16.3. The summed E-state index contributed by atoms with van der Waals surface area (Å²) in [4.78, 5) is 16.3. The van der Waals surface area contributed by atoms with Gasteiger partial charge in [0.15, 0.2) is 0 Å². The Hall–Kier alpha value is -2.88. The minimum Gasteiger partial charge on any atom is -0.508 e. The number of nitrogens with zero attached hydrogens (tertiary/aromatic N) is 1. The number of phenols is 1. The third kappa shape index (κ3) is 3.17. The first-order chi connectivity index (χ1) is 10.2. The Labute approximate surface area is 122 Å². The maximum Gasteiger partial charge on any atom is 0.228 e. The molecule has 4 nitrogen and oxygen atoms in total. The molecule has 2 aromatic carbocycles. The number of rotatable bonds is 3. The molecule has 0 aliphatic rings. The highest BCUT2D eigenvalue weighted by molar-refractivity contribution is 5.94. The van der Waals surface area contributed by atoms with E-state index in [1.807, 2.05) is 30.3 Å². The number of hydrogen-bond acceptors (Lipinski definition) is 3. The zero-order valence-corrected chi connectivity index (χ0v) is 11.3. The van der Waals surface area contributed by atoms with Crippen molar-refractivity contribution in [3.05, 3.63) is 66.4 Å². The van der Waals surface area contributed by atoms with Crippen LogP contribution >= 0.6 is 0 Å². The van der Waals surface area contributed by atoms with Crippen LogP contribution in [0.5, 0.6) is 5.75 Å². The number of para-hydroxylation sites is 1. The number of carbonyl (C=O) groups excluding carboxylic acids is 1. The average Bonchev–Trinajstić information content (AvgIpc) is 2.49. The minimum atomic E-state index is -0.113. The topological polar surface area (TPSA) is 62.2 Å². The van der Waals surface area contributed by atoms with Crippen molar-refractivity contribution in [2.75, 3.05) is 5.32 Å². The molecule has 0 bridgehead atoms. The van der Waals surface area contributed by atoms with Crippen LogP contribution < -0.4 is 5.32 Å². The van der Waals surface area contributed by atoms with Crippen LogP contribution in [0, 0.1) is 0 Å². The van der Waals surface area contributed by atoms with E-state index in [1.165, 1.54) is 0 Å². The van der Waals surface area contributed by atoms with E-state index in [-0.39, 0.29) is 18.1 Å². The Kier molecular flexibility index (Phi) is 3.51. The second-order valence-electron chi connectivity index (χ2n) is 4.81. The van der Waals surface area contributed by atoms with Crippen molar-refractivity contribution >= 4 is 22.5 Å². The lowest BCUT2D eigenvalue weighted by Gasteiger charge is -2.06. The molecule has 0 aliphatic heterocycles. The van der Waals surface area contributed by atoms with E-state index in [4.69, 9.17) is 0 Å². The van der Waals surface area contributed by atoms with Gasteiger partial charge in [0.2, 0.25) is 5.91 Å². The fourth-order valence-electron chi connectivity index (χ4n) is 2.14. The van der Waals surface area contributed by atoms with Crippen LogP contribution in [0.25, 0.3) is 10.9 Å². The lowest BCUT2D eigenvalue weighted by atomic mass is 10.1. The van der Waals surface area contributed by atoms with Gasteiger partial charge >= 0.3 is 0 Å². The lowest BCUT2D eigenvalue weighted by molar-refractivity contribution is -0.115. The summed E-state index contributed by atoms with van der Waals surface area (Å²) in [5.74, 6) is 0.0793. The zero-order chi connectivity index (χ0) is 14.7. The summed E-state index contributed by atoms with van der Waals surface area (Å²) < 4.78 is 0. The highest BCUT2D eigenvalue weighted by Crippen LogP contribution is 2.16. The quantitative estimate of drug-likeness (QED) is 0.773. The van der Waals surface area contributed by atoms with Crippen LogP contribution in [0.4, 0.5) is 5.69 Å². The predicted octanol–water partition coefficient (Wildman–Crippen LogP) is 3.12. The molecule has 1 aromatic heterocycles. The molecule has 1 amide bonds. The van der Waals surface area contributed by atoms with Gasteiger partial charge in [-0.15, -0.1) is 0 Å². The first-order valence-electron chi connectivity index (χ1n) is 6.63. The number of pyridine rings is 1. The molecular formula is C17H14N2O2. The largest absolute Gasteiger partial charge is 0.508 e. The molecule has 0 spiro atoms. The van der Waals surface area contributed by atoms with E-state index in [2.05, 4.69) is 10.3 Å². The van der Waals surface area contributed by atoms with E-state index < -0.39 is 0 Å². The number of hydrogen-bond donors (Lipinski definition) is 2. The Balaban J connectivity index is 1.72. The number of phenolic OH excluding ortho intramolecular Hbond substituents is 1. The van der Waals surface area contributed by atoms with Crippen molar-refractivity contribution in [2.24, 2.45) is 0 Å². The van der Waals surface area contributed by atoms with Crippen LogP contribution in [0.3, 0.4) is 0 Å². The van der Waals surface area contributed by atoms with Gasteiger partial charge in [0, 0.05) is 5.39 Å². The number of carbonyl (C=O) groups is 1. The third-order valence-corrected chi connectivity index (χ3v) is 3.18. The minimum absolute atomic E-state index is 0.113. The smallest absolute Gasteiger partial charge is 0.228 e. The Morgan fingerprint density at radius 3 is 2.67 bits per heavy atom. The maximum absolute atomic E-state index is 12.0. The van der Waals surface area contributed by atoms with Crippen molar-refractivity contribution in [3.8, 4) is 5.75 Å². The highest BCUT2D eigenvalue weighted by Gasteiger charge is 2.05. The van der Waals surface area contributed by atoms with Gasteiger partial charge < -0.3 is 10.4 Å². The molecule has 3 aromatic rings. The second-order valence-corrected chi connectivity index (χ2v) is 4.81. The van der Waals surface area contributed by atoms with Crippen molar-refractivity contribution in [3.63, 3.8) is 0 Å². The average molecular weight is 278 g/mol. The number of aromatic hydroxyl groups is 1. The number of benzene rings is 2. The molecule has 2 N–H and O–H groups in total. The molecule has 104 valence electrons. The first kappa shape index (κ1) is 13.1. The molecule has 21 heavy (non-hydrogen) atoms. The van der Waals surface area contributed by atoms with Crippen molar-refractivity contribution in [1.82, 2.24) is 4.98 Å². The van der Waals surface area contributed by atoms with Gasteiger partial charge in [-0.2, -0.15) is 0 Å². The number of aromatic nitrogens is 1. The standard InChI is InChI=1S/C17H14N2O2/c20-15-7-5-12(6-8-15)9-17(21)19-14-10-13-3-1-2-4-16(13)18-11-14/h1-8,10-11,20H,9H2,(H,19,21). The Morgan fingerprint density at radius 1 is 1.10 bits per heavy atom. The Morgan fingerprint density at radius 2 is 1.86 bits per heavy atom. The molecule has 0 saturated carbocycles. The van der Waals surface area contributed by atoms with Gasteiger partial charge in [-0.3, -0.25) is 9.78 Å². The van der Waals surface area contributed by atoms with Crippen LogP contribution in [0.15, 0.2) is 60.8 Å². The van der Waals surface area contributed by atoms with Crippen LogP contribution in [0.2, 0.25) is 0 Å². The van der Waals surface area contributed by atoms with Crippen molar-refractivity contribution < 1.29 is 9.90 Å². The number of fused-ring (bicyclic) bond motifs is 1. The molecule has 0 fully saturated rings. The van der Waals surface area contributed by atoms with Gasteiger partial charge in [0.25, 0.3) is 0 Å². The van der Waals surface area contributed by atoms with E-state index in [0.29, 0.717) is 5.69 Å². The Bertz CT molecular complexity index is 782. The molecule has 0 radical (unpaired) electrons. The summed E-state index contributed by atoms with van der Waals surface area (Å²) in [5.41, 5.74) is 2.42. The molecule has 3 rings (SSSR count). The second kappa shape index (κ2) is 5.63. The van der Waals surface area contributed by atoms with E-state index in [9.17, 15) is 9.90 Å². The molecular weight excluding hydrogens is 264 g/mol. The van der Waals surface area contributed by atoms with Gasteiger partial charge in [0.05, 0.1) is 23.8 Å². The molecule has 0 unspecified atom stereocenters. The summed E-state index contributed by atoms with van der Waals surface area (Å²) in [6.45, 7) is 0. The number of anilines is 1. The summed E-state index contributed by atoms with van der Waals surface area (Å²) >= 11 is 0. The van der Waals surface area contributed by atoms with Crippen LogP contribution in [0.1, 0.15) is 5.56 Å². The SMILES string of the molecule is O=C(Cc1ccc(O)cc1)Nc1cnc2ccccc2c1. The summed E-state index contributed by atoms with van der Waals surface area (Å²) in [5, 5.41) is 13.0. The molecule has 0 atom stereocenters. The molecule has 1 heterocycles. The van der Waals surface area contributed by atoms with E-state index in [1.54, 1.807) is 30.5 Å². The van der Waals surface area contributed by atoms with Gasteiger partial charge in [-0.1, -0.05) is 30.3 Å². The van der Waals surface area contributed by atoms with Crippen LogP contribution in [-0.2, 0) is 11.2 Å². The van der Waals surface area contributed by atoms with Crippen molar-refractivity contribution in [2.45, 2.75) is 6.42 Å². The number of amides is 1. The van der Waals surface area contributed by atoms with Crippen LogP contribution in [-0.4, -0.2) is 16.0 Å². The van der Waals surface area contributed by atoms with Crippen molar-refractivity contribution in [1.29, 1.82) is 0 Å². The number of nitrogens with one attached hydrogen (secondary N) is 1. The third-order valence-electron chi connectivity index (χ3n) is 3.18. The monoisotopic (exact) mass is 278 g/mol. The predicted molar refractivity (Wildman–Crippen MR) is 82.2 cm³/mol. The van der Waals surface area contributed by atoms with Gasteiger partial charge in [-0.25, -0.2) is 0 Å².